The normalized spacial score (nSPS) is 11.3. The number of nitrogens with one attached hydrogen (secondary N) is 1. The summed E-state index contributed by atoms with van der Waals surface area (Å²) in [6.45, 7) is 1.87. The van der Waals surface area contributed by atoms with Gasteiger partial charge in [0.15, 0.2) is 4.77 Å². The lowest BCUT2D eigenvalue weighted by Crippen LogP contribution is -1.96. The summed E-state index contributed by atoms with van der Waals surface area (Å²) in [7, 11) is 0. The summed E-state index contributed by atoms with van der Waals surface area (Å²) in [5, 5.41) is 1.11. The molecule has 0 saturated carbocycles. The Morgan fingerprint density at radius 3 is 2.62 bits per heavy atom. The summed E-state index contributed by atoms with van der Waals surface area (Å²) in [5.41, 5.74) is 2.84. The molecule has 21 heavy (non-hydrogen) atoms. The molecule has 108 valence electrons. The number of halogens is 4. The van der Waals surface area contributed by atoms with Crippen LogP contribution in [0.5, 0.6) is 0 Å². The first-order valence-corrected chi connectivity index (χ1v) is 7.90. The van der Waals surface area contributed by atoms with Crippen LogP contribution in [0.3, 0.4) is 0 Å². The Hall–Kier alpha value is -0.880. The van der Waals surface area contributed by atoms with E-state index in [2.05, 4.69) is 20.9 Å². The molecule has 0 radical (unpaired) electrons. The van der Waals surface area contributed by atoms with E-state index in [9.17, 15) is 4.39 Å². The average molecular weight is 406 g/mol. The van der Waals surface area contributed by atoms with E-state index in [0.29, 0.717) is 30.5 Å². The van der Waals surface area contributed by atoms with Crippen LogP contribution in [0, 0.1) is 17.5 Å². The van der Waals surface area contributed by atoms with Crippen LogP contribution < -0.4 is 0 Å². The maximum atomic E-state index is 13.6. The van der Waals surface area contributed by atoms with Crippen LogP contribution in [0.15, 0.2) is 28.7 Å². The van der Waals surface area contributed by atoms with E-state index in [4.69, 9.17) is 35.4 Å². The van der Waals surface area contributed by atoms with Gasteiger partial charge in [0.2, 0.25) is 0 Å². The second-order valence-electron chi connectivity index (χ2n) is 4.60. The number of aryl methyl sites for hydroxylation is 1. The molecule has 0 aliphatic heterocycles. The van der Waals surface area contributed by atoms with E-state index in [0.717, 1.165) is 11.1 Å². The molecule has 1 N–H and O–H groups in total. The lowest BCUT2D eigenvalue weighted by atomic mass is 10.2. The molecular weight excluding hydrogens is 398 g/mol. The van der Waals surface area contributed by atoms with Crippen LogP contribution in [0.1, 0.15) is 5.56 Å². The summed E-state index contributed by atoms with van der Waals surface area (Å²) in [5.74, 6) is -0.362. The predicted octanol–water partition coefficient (Wildman–Crippen LogP) is 6.20. The molecular formula is C14H8BrCl2FN2S. The molecule has 0 fully saturated rings. The van der Waals surface area contributed by atoms with Crippen LogP contribution in [0.2, 0.25) is 10.0 Å². The third-order valence-corrected chi connectivity index (χ3v) is 4.80. The van der Waals surface area contributed by atoms with Gasteiger partial charge >= 0.3 is 0 Å². The molecule has 0 atom stereocenters. The van der Waals surface area contributed by atoms with Crippen molar-refractivity contribution in [3.8, 4) is 5.69 Å². The van der Waals surface area contributed by atoms with Gasteiger partial charge in [0, 0.05) is 11.1 Å². The quantitative estimate of drug-likeness (QED) is 0.477. The highest BCUT2D eigenvalue weighted by Crippen LogP contribution is 2.32. The minimum Gasteiger partial charge on any atom is -0.330 e. The number of fused-ring (bicyclic) bond motifs is 1. The van der Waals surface area contributed by atoms with E-state index in [-0.39, 0.29) is 5.82 Å². The minimum absolute atomic E-state index is 0.354. The van der Waals surface area contributed by atoms with Gasteiger partial charge in [0.25, 0.3) is 0 Å². The van der Waals surface area contributed by atoms with Gasteiger partial charge in [-0.05, 0) is 58.8 Å². The molecule has 0 aliphatic carbocycles. The van der Waals surface area contributed by atoms with Crippen LogP contribution in [0.4, 0.5) is 4.39 Å². The third-order valence-electron chi connectivity index (χ3n) is 3.19. The molecule has 3 rings (SSSR count). The molecule has 0 bridgehead atoms. The van der Waals surface area contributed by atoms with Crippen LogP contribution in [-0.4, -0.2) is 9.55 Å². The molecule has 0 saturated heterocycles. The molecule has 7 heteroatoms. The van der Waals surface area contributed by atoms with Crippen molar-refractivity contribution in [1.29, 1.82) is 0 Å². The van der Waals surface area contributed by atoms with Crippen molar-refractivity contribution in [3.05, 3.63) is 54.9 Å². The minimum atomic E-state index is -0.362. The number of nitrogens with zero attached hydrogens (tertiary/aromatic N) is 1. The fourth-order valence-electron chi connectivity index (χ4n) is 2.15. The van der Waals surface area contributed by atoms with Crippen LogP contribution in [-0.2, 0) is 0 Å². The third kappa shape index (κ3) is 2.52. The predicted molar refractivity (Wildman–Crippen MR) is 90.9 cm³/mol. The Labute approximate surface area is 143 Å². The summed E-state index contributed by atoms with van der Waals surface area (Å²) >= 11 is 21.0. The monoisotopic (exact) mass is 404 g/mol. The van der Waals surface area contributed by atoms with Gasteiger partial charge in [-0.25, -0.2) is 4.39 Å². The van der Waals surface area contributed by atoms with Crippen molar-refractivity contribution in [2.75, 3.05) is 0 Å². The number of aromatic nitrogens is 2. The lowest BCUT2D eigenvalue weighted by Gasteiger charge is -2.10. The second-order valence-corrected chi connectivity index (χ2v) is 6.66. The van der Waals surface area contributed by atoms with Gasteiger partial charge in [-0.1, -0.05) is 23.2 Å². The van der Waals surface area contributed by atoms with E-state index >= 15 is 0 Å². The Balaban J connectivity index is 2.40. The van der Waals surface area contributed by atoms with E-state index in [1.807, 2.05) is 6.92 Å². The SMILES string of the molecule is Cc1cc(Cl)c(-n2c(=S)[nH]c3cc(F)c(Br)cc32)cc1Cl. The van der Waals surface area contributed by atoms with Gasteiger partial charge in [-0.3, -0.25) is 4.57 Å². The number of hydrogen-bond acceptors (Lipinski definition) is 1. The lowest BCUT2D eigenvalue weighted by molar-refractivity contribution is 0.623. The Morgan fingerprint density at radius 2 is 1.90 bits per heavy atom. The summed E-state index contributed by atoms with van der Waals surface area (Å²) in [6.07, 6.45) is 0. The highest BCUT2D eigenvalue weighted by Gasteiger charge is 2.14. The van der Waals surface area contributed by atoms with Crippen LogP contribution in [0.25, 0.3) is 16.7 Å². The Kier molecular flexibility index (Phi) is 3.86. The number of hydrogen-bond donors (Lipinski definition) is 1. The van der Waals surface area contributed by atoms with Crippen molar-refractivity contribution in [2.24, 2.45) is 0 Å². The standard InChI is InChI=1S/C14H8BrCl2FN2S/c1-6-2-9(17)12(4-8(6)16)20-13-3-7(15)10(18)5-11(13)19-14(20)21/h2-5H,1H3,(H,19,21). The molecule has 1 heterocycles. The van der Waals surface area contributed by atoms with Crippen molar-refractivity contribution >= 4 is 62.4 Å². The van der Waals surface area contributed by atoms with Crippen LogP contribution >= 0.6 is 51.3 Å². The highest BCUT2D eigenvalue weighted by molar-refractivity contribution is 9.10. The number of aromatic amines is 1. The largest absolute Gasteiger partial charge is 0.330 e. The van der Waals surface area contributed by atoms with Gasteiger partial charge in [-0.15, -0.1) is 0 Å². The molecule has 1 aromatic heterocycles. The summed E-state index contributed by atoms with van der Waals surface area (Å²) < 4.78 is 16.1. The van der Waals surface area contributed by atoms with Crippen molar-refractivity contribution in [3.63, 3.8) is 0 Å². The van der Waals surface area contributed by atoms with Gasteiger partial charge in [0.1, 0.15) is 5.82 Å². The molecule has 0 unspecified atom stereocenters. The second kappa shape index (κ2) is 5.39. The first-order chi connectivity index (χ1) is 9.88. The van der Waals surface area contributed by atoms with Gasteiger partial charge < -0.3 is 4.98 Å². The molecule has 3 aromatic rings. The van der Waals surface area contributed by atoms with Crippen molar-refractivity contribution < 1.29 is 4.39 Å². The fraction of sp³-hybridized carbons (Fsp3) is 0.0714. The molecule has 2 aromatic carbocycles. The van der Waals surface area contributed by atoms with E-state index in [1.165, 1.54) is 6.07 Å². The zero-order valence-corrected chi connectivity index (χ0v) is 14.6. The summed E-state index contributed by atoms with van der Waals surface area (Å²) in [6, 6.07) is 6.56. The van der Waals surface area contributed by atoms with Gasteiger partial charge in [0.05, 0.1) is 26.2 Å². The highest BCUT2D eigenvalue weighted by atomic mass is 79.9. The topological polar surface area (TPSA) is 20.7 Å². The first kappa shape index (κ1) is 15.0. The number of benzene rings is 2. The number of imidazole rings is 1. The molecule has 0 aliphatic rings. The fourth-order valence-corrected chi connectivity index (χ4v) is 3.25. The summed E-state index contributed by atoms with van der Waals surface area (Å²) in [4.78, 5) is 2.97. The average Bonchev–Trinajstić information content (AvgIpc) is 2.70. The smallest absolute Gasteiger partial charge is 0.182 e. The zero-order chi connectivity index (χ0) is 15.3. The van der Waals surface area contributed by atoms with Crippen molar-refractivity contribution in [1.82, 2.24) is 9.55 Å². The van der Waals surface area contributed by atoms with E-state index in [1.54, 1.807) is 22.8 Å². The maximum Gasteiger partial charge on any atom is 0.182 e. The Bertz CT molecular complexity index is 933. The number of rotatable bonds is 1. The first-order valence-electron chi connectivity index (χ1n) is 5.94. The molecule has 0 spiro atoms. The Morgan fingerprint density at radius 1 is 1.19 bits per heavy atom. The van der Waals surface area contributed by atoms with Crippen molar-refractivity contribution in [2.45, 2.75) is 6.92 Å². The maximum absolute atomic E-state index is 13.6. The molecule has 0 amide bonds. The molecule has 2 nitrogen and oxygen atoms in total. The zero-order valence-electron chi connectivity index (χ0n) is 10.7. The van der Waals surface area contributed by atoms with E-state index < -0.39 is 0 Å². The van der Waals surface area contributed by atoms with Gasteiger partial charge in [-0.2, -0.15) is 0 Å². The number of H-pyrrole nitrogens is 1.